The minimum absolute atomic E-state index is 0.0148. The van der Waals surface area contributed by atoms with Crippen molar-refractivity contribution in [2.75, 3.05) is 29.7 Å². The van der Waals surface area contributed by atoms with Gasteiger partial charge in [-0.25, -0.2) is 14.3 Å². The molecule has 1 fully saturated rings. The number of rotatable bonds is 20. The SMILES string of the molecule is Cc1ccccc1C(=O)NCc1ccc(-c2nn(C(CO)CCl)c(N)c2C(N)=O)cc1.Cc1ccccc1C(=O)NCc1ccc(-c2nn(C3CCC(O)(C(F)(F)F)CC3)c(N)c2C(N)=O)cc1.Cc1csc(-n2nc(-c3ccc(CNC(=O)c4ccccc4C)cc3)c(C(N)=O)c2N)n1. The van der Waals surface area contributed by atoms with Crippen molar-refractivity contribution in [3.8, 4) is 38.9 Å². The minimum Gasteiger partial charge on any atom is -0.394 e. The van der Waals surface area contributed by atoms with Gasteiger partial charge in [0.25, 0.3) is 35.4 Å². The summed E-state index contributed by atoms with van der Waals surface area (Å²) in [7, 11) is 0. The second-order valence-corrected chi connectivity index (χ2v) is 25.0. The monoisotopic (exact) mass is 1400 g/mol. The van der Waals surface area contributed by atoms with E-state index in [0.717, 1.165) is 39.1 Å². The number of benzene rings is 6. The van der Waals surface area contributed by atoms with Crippen LogP contribution in [0.3, 0.4) is 0 Å². The molecule has 6 amide bonds. The molecule has 0 bridgehead atoms. The Morgan fingerprint density at radius 2 is 0.940 bits per heavy atom. The zero-order valence-electron chi connectivity index (χ0n) is 54.8. The number of aromatic nitrogens is 7. The van der Waals surface area contributed by atoms with Crippen molar-refractivity contribution < 1.29 is 52.2 Å². The molecule has 4 aromatic heterocycles. The van der Waals surface area contributed by atoms with E-state index in [1.165, 1.54) is 25.4 Å². The molecule has 1 aliphatic rings. The Morgan fingerprint density at radius 1 is 0.570 bits per heavy atom. The zero-order valence-corrected chi connectivity index (χ0v) is 56.4. The first-order valence-corrected chi connectivity index (χ1v) is 32.8. The van der Waals surface area contributed by atoms with Crippen LogP contribution in [0.4, 0.5) is 30.6 Å². The number of primary amides is 3. The molecule has 0 spiro atoms. The van der Waals surface area contributed by atoms with Crippen molar-refractivity contribution in [3.63, 3.8) is 0 Å². The first-order chi connectivity index (χ1) is 47.6. The Kier molecular flexibility index (Phi) is 23.0. The largest absolute Gasteiger partial charge is 0.417 e. The van der Waals surface area contributed by atoms with Crippen LogP contribution in [0.25, 0.3) is 38.9 Å². The molecule has 1 saturated carbocycles. The van der Waals surface area contributed by atoms with E-state index in [-0.39, 0.29) is 89.4 Å². The first-order valence-electron chi connectivity index (χ1n) is 31.3. The van der Waals surface area contributed by atoms with Gasteiger partial charge in [-0.1, -0.05) is 127 Å². The Balaban J connectivity index is 0.000000176. The van der Waals surface area contributed by atoms with Gasteiger partial charge in [0.1, 0.15) is 51.2 Å². The molecule has 29 heteroatoms. The van der Waals surface area contributed by atoms with Crippen LogP contribution in [0.15, 0.2) is 151 Å². The number of carbonyl (C=O) groups excluding carboxylic acids is 6. The summed E-state index contributed by atoms with van der Waals surface area (Å²) >= 11 is 7.24. The molecule has 6 aromatic carbocycles. The van der Waals surface area contributed by atoms with E-state index in [9.17, 15) is 52.2 Å². The van der Waals surface area contributed by atoms with Gasteiger partial charge in [-0.15, -0.1) is 22.9 Å². The summed E-state index contributed by atoms with van der Waals surface area (Å²) in [4.78, 5) is 77.9. The summed E-state index contributed by atoms with van der Waals surface area (Å²) in [5.74, 6) is -2.43. The number of nitrogens with one attached hydrogen (secondary N) is 3. The van der Waals surface area contributed by atoms with Crippen LogP contribution < -0.4 is 50.4 Å². The summed E-state index contributed by atoms with van der Waals surface area (Å²) in [6.07, 6.45) is -5.74. The lowest BCUT2D eigenvalue weighted by molar-refractivity contribution is -0.271. The number of nitrogens with zero attached hydrogens (tertiary/aromatic N) is 7. The summed E-state index contributed by atoms with van der Waals surface area (Å²) in [5, 5.41) is 43.9. The van der Waals surface area contributed by atoms with Crippen molar-refractivity contribution in [2.24, 2.45) is 17.2 Å². The summed E-state index contributed by atoms with van der Waals surface area (Å²) < 4.78 is 43.6. The molecule has 24 nitrogen and oxygen atoms in total. The van der Waals surface area contributed by atoms with Crippen molar-refractivity contribution in [1.82, 2.24) is 50.3 Å². The van der Waals surface area contributed by atoms with Crippen molar-refractivity contribution in [1.29, 1.82) is 0 Å². The third-order valence-corrected chi connectivity index (χ3v) is 18.2. The number of aryl methyl sites for hydroxylation is 4. The van der Waals surface area contributed by atoms with Gasteiger partial charge in [0.05, 0.1) is 24.4 Å². The van der Waals surface area contributed by atoms with Crippen molar-refractivity contribution >= 4 is 75.8 Å². The fourth-order valence-electron chi connectivity index (χ4n) is 11.3. The summed E-state index contributed by atoms with van der Waals surface area (Å²) in [6.45, 7) is 8.20. The zero-order chi connectivity index (χ0) is 72.3. The summed E-state index contributed by atoms with van der Waals surface area (Å²) in [5.41, 5.74) is 43.3. The number of thiazole rings is 1. The second-order valence-electron chi connectivity index (χ2n) is 23.8. The molecule has 4 heterocycles. The lowest BCUT2D eigenvalue weighted by Crippen LogP contribution is -2.48. The molecule has 0 aliphatic heterocycles. The fourth-order valence-corrected chi connectivity index (χ4v) is 12.3. The van der Waals surface area contributed by atoms with Crippen LogP contribution >= 0.6 is 22.9 Å². The number of halogens is 4. The van der Waals surface area contributed by atoms with Crippen LogP contribution in [0, 0.1) is 27.7 Å². The molecule has 0 radical (unpaired) electrons. The second kappa shape index (κ2) is 31.5. The number of alkyl halides is 4. The van der Waals surface area contributed by atoms with E-state index in [1.807, 2.05) is 118 Å². The molecular formula is C71H74ClF3N16O8S. The average Bonchev–Trinajstić information content (AvgIpc) is 1.41. The molecule has 10 aromatic rings. The number of aliphatic hydroxyl groups excluding tert-OH is 1. The van der Waals surface area contributed by atoms with E-state index in [4.69, 9.17) is 46.0 Å². The van der Waals surface area contributed by atoms with Crippen LogP contribution in [0.1, 0.15) is 139 Å². The van der Waals surface area contributed by atoms with Crippen LogP contribution in [0.5, 0.6) is 0 Å². The highest BCUT2D eigenvalue weighted by atomic mass is 35.5. The molecule has 520 valence electrons. The molecule has 1 unspecified atom stereocenters. The smallest absolute Gasteiger partial charge is 0.394 e. The quantitative estimate of drug-likeness (QED) is 0.0317. The number of nitrogens with two attached hydrogens (primary N) is 6. The Labute approximate surface area is 581 Å². The van der Waals surface area contributed by atoms with Crippen LogP contribution in [-0.4, -0.2) is 104 Å². The maximum atomic E-state index is 13.2. The van der Waals surface area contributed by atoms with Gasteiger partial charge >= 0.3 is 6.18 Å². The Bertz CT molecular complexity index is 4640. The lowest BCUT2D eigenvalue weighted by Gasteiger charge is -2.37. The third-order valence-electron chi connectivity index (χ3n) is 16.9. The highest BCUT2D eigenvalue weighted by Gasteiger charge is 2.55. The van der Waals surface area contributed by atoms with Gasteiger partial charge in [0.2, 0.25) is 5.13 Å². The molecule has 1 aliphatic carbocycles. The van der Waals surface area contributed by atoms with Gasteiger partial charge in [-0.2, -0.15) is 33.1 Å². The van der Waals surface area contributed by atoms with Gasteiger partial charge in [0, 0.05) is 64.3 Å². The van der Waals surface area contributed by atoms with Crippen molar-refractivity contribution in [2.45, 2.75) is 96.9 Å². The third kappa shape index (κ3) is 16.5. The fraction of sp³-hybridized carbons (Fsp3) is 0.239. The maximum absolute atomic E-state index is 13.2. The van der Waals surface area contributed by atoms with Gasteiger partial charge in [-0.3, -0.25) is 28.8 Å². The van der Waals surface area contributed by atoms with E-state index in [0.29, 0.717) is 63.0 Å². The number of aliphatic hydroxyl groups is 2. The van der Waals surface area contributed by atoms with Crippen LogP contribution in [0.2, 0.25) is 0 Å². The van der Waals surface area contributed by atoms with Gasteiger partial charge in [-0.05, 0) is 105 Å². The van der Waals surface area contributed by atoms with Crippen molar-refractivity contribution in [3.05, 3.63) is 223 Å². The molecule has 17 N–H and O–H groups in total. The summed E-state index contributed by atoms with van der Waals surface area (Å²) in [6, 6.07) is 42.4. The standard InChI is InChI=1S/C26H28F3N5O3.C23H22N6O2S.C22H24ClN5O3/c1-15-4-2-3-5-19(15)24(36)32-14-16-6-8-17(9-7-16)21-20(23(31)35)22(30)34(33-21)18-10-12-25(37,13-11-18)26(27,28)29;1-13-5-3-4-6-17(13)22(31)26-11-15-7-9-16(10-8-15)19-18(21(25)30)20(24)29(28-19)23-27-14(2)12-32-23;1-13-4-2-3-5-17(13)22(31)26-11-14-6-8-15(9-7-14)19-18(21(25)30)20(24)28(27-19)16(10-23)12-29/h2-9,18,37H,10-14,30H2,1H3,(H2,31,35)(H,32,36);3-10,12H,11,24H2,1-2H3,(H2,25,30)(H,26,31);2-9,16,29H,10-12,24H2,1H3,(H2,25,30)(H,26,31). The highest BCUT2D eigenvalue weighted by Crippen LogP contribution is 2.46. The number of nitrogen functional groups attached to an aromatic ring is 3. The predicted molar refractivity (Wildman–Crippen MR) is 376 cm³/mol. The minimum atomic E-state index is -4.72. The normalized spacial score (nSPS) is 14.5. The first kappa shape index (κ1) is 73.1. The maximum Gasteiger partial charge on any atom is 0.417 e. The van der Waals surface area contributed by atoms with Gasteiger partial charge in [0.15, 0.2) is 5.60 Å². The number of carbonyl (C=O) groups is 6. The average molecular weight is 1400 g/mol. The van der Waals surface area contributed by atoms with Gasteiger partial charge < -0.3 is 60.6 Å². The molecule has 0 saturated heterocycles. The topological polar surface area (TPSA) is 401 Å². The number of amides is 6. The van der Waals surface area contributed by atoms with E-state index >= 15 is 0 Å². The number of hydrogen-bond acceptors (Lipinski definition) is 16. The van der Waals surface area contributed by atoms with E-state index in [2.05, 4.69) is 36.2 Å². The van der Waals surface area contributed by atoms with E-state index < -0.39 is 54.4 Å². The predicted octanol–water partition coefficient (Wildman–Crippen LogP) is 9.34. The molecule has 100 heavy (non-hydrogen) atoms. The molecular weight excluding hydrogens is 1330 g/mol. The Hall–Kier alpha value is -11.2. The molecule has 11 rings (SSSR count). The number of hydrogen-bond donors (Lipinski definition) is 11. The Morgan fingerprint density at radius 3 is 1.29 bits per heavy atom. The molecule has 1 atom stereocenters. The lowest BCUT2D eigenvalue weighted by atomic mass is 9.81. The number of anilines is 3. The van der Waals surface area contributed by atoms with E-state index in [1.54, 1.807) is 60.7 Å². The highest BCUT2D eigenvalue weighted by molar-refractivity contribution is 7.12. The van der Waals surface area contributed by atoms with Crippen LogP contribution in [-0.2, 0) is 19.6 Å².